The second-order valence-electron chi connectivity index (χ2n) is 6.56. The van der Waals surface area contributed by atoms with E-state index in [1.807, 2.05) is 6.07 Å². The molecule has 0 saturated carbocycles. The number of nitriles is 1. The zero-order chi connectivity index (χ0) is 21.5. The van der Waals surface area contributed by atoms with Crippen molar-refractivity contribution >= 4 is 17.2 Å². The molecular formula is C18H14ClF4N5O. The van der Waals surface area contributed by atoms with Gasteiger partial charge < -0.3 is 0 Å². The van der Waals surface area contributed by atoms with E-state index in [0.29, 0.717) is 6.07 Å². The van der Waals surface area contributed by atoms with Gasteiger partial charge in [0.15, 0.2) is 5.69 Å². The maximum Gasteiger partial charge on any atom is 0.435 e. The molecule has 0 saturated heterocycles. The lowest BCUT2D eigenvalue weighted by Gasteiger charge is -2.18. The number of nitrogens with zero attached hydrogens (tertiary/aromatic N) is 5. The van der Waals surface area contributed by atoms with Crippen LogP contribution in [0.5, 0.6) is 0 Å². The second-order valence-corrected chi connectivity index (χ2v) is 6.95. The zero-order valence-electron chi connectivity index (χ0n) is 15.2. The summed E-state index contributed by atoms with van der Waals surface area (Å²) in [4.78, 5) is 16.9. The molecule has 3 aromatic heterocycles. The van der Waals surface area contributed by atoms with Crippen molar-refractivity contribution in [2.45, 2.75) is 32.5 Å². The lowest BCUT2D eigenvalue weighted by Crippen LogP contribution is -2.24. The van der Waals surface area contributed by atoms with Crippen LogP contribution < -0.4 is 5.56 Å². The van der Waals surface area contributed by atoms with Crippen LogP contribution in [0, 0.1) is 23.1 Å². The Labute approximate surface area is 167 Å². The highest BCUT2D eigenvalue weighted by Gasteiger charge is 2.34. The minimum Gasteiger partial charge on any atom is -0.269 e. The van der Waals surface area contributed by atoms with Gasteiger partial charge in [-0.2, -0.15) is 23.5 Å². The minimum atomic E-state index is -4.66. The SMILES string of the molecule is C[C@H](C#N)[C@H](C)c1c(F)ccc2nc(Cn3nc(C(F)(F)F)cc3Cl)cc(=O)n12. The smallest absolute Gasteiger partial charge is 0.269 e. The summed E-state index contributed by atoms with van der Waals surface area (Å²) in [7, 11) is 0. The number of rotatable bonds is 4. The van der Waals surface area contributed by atoms with E-state index >= 15 is 0 Å². The molecule has 152 valence electrons. The number of hydrogen-bond donors (Lipinski definition) is 0. The van der Waals surface area contributed by atoms with Gasteiger partial charge in [-0.25, -0.2) is 14.1 Å². The first-order valence-electron chi connectivity index (χ1n) is 8.44. The zero-order valence-corrected chi connectivity index (χ0v) is 16.0. The van der Waals surface area contributed by atoms with E-state index in [-0.39, 0.29) is 28.7 Å². The van der Waals surface area contributed by atoms with E-state index in [0.717, 1.165) is 21.2 Å². The van der Waals surface area contributed by atoms with Crippen molar-refractivity contribution in [3.63, 3.8) is 0 Å². The summed E-state index contributed by atoms with van der Waals surface area (Å²) in [5, 5.41) is 12.2. The van der Waals surface area contributed by atoms with Crippen molar-refractivity contribution in [2.75, 3.05) is 0 Å². The summed E-state index contributed by atoms with van der Waals surface area (Å²) in [5.74, 6) is -1.82. The van der Waals surface area contributed by atoms with Gasteiger partial charge in [-0.1, -0.05) is 18.5 Å². The lowest BCUT2D eigenvalue weighted by atomic mass is 9.93. The van der Waals surface area contributed by atoms with Gasteiger partial charge in [-0.15, -0.1) is 0 Å². The lowest BCUT2D eigenvalue weighted by molar-refractivity contribution is -0.141. The summed E-state index contributed by atoms with van der Waals surface area (Å²) < 4.78 is 54.7. The Hall–Kier alpha value is -2.93. The van der Waals surface area contributed by atoms with Crippen LogP contribution in [0.1, 0.15) is 36.8 Å². The summed E-state index contributed by atoms with van der Waals surface area (Å²) in [6.45, 7) is 2.94. The Morgan fingerprint density at radius 2 is 1.97 bits per heavy atom. The van der Waals surface area contributed by atoms with Gasteiger partial charge in [0, 0.05) is 18.1 Å². The van der Waals surface area contributed by atoms with Crippen LogP contribution in [-0.2, 0) is 12.7 Å². The minimum absolute atomic E-state index is 0.0112. The molecule has 2 atom stereocenters. The molecule has 0 aliphatic rings. The van der Waals surface area contributed by atoms with Crippen molar-refractivity contribution in [2.24, 2.45) is 5.92 Å². The van der Waals surface area contributed by atoms with Crippen LogP contribution >= 0.6 is 11.6 Å². The van der Waals surface area contributed by atoms with E-state index in [9.17, 15) is 22.4 Å². The summed E-state index contributed by atoms with van der Waals surface area (Å²) >= 11 is 5.81. The van der Waals surface area contributed by atoms with E-state index in [4.69, 9.17) is 16.9 Å². The van der Waals surface area contributed by atoms with Gasteiger partial charge in [-0.05, 0) is 19.1 Å². The molecule has 0 aromatic carbocycles. The highest BCUT2D eigenvalue weighted by Crippen LogP contribution is 2.30. The molecule has 0 fully saturated rings. The van der Waals surface area contributed by atoms with Crippen molar-refractivity contribution in [3.8, 4) is 6.07 Å². The predicted octanol–water partition coefficient (Wildman–Crippen LogP) is 4.01. The largest absolute Gasteiger partial charge is 0.435 e. The van der Waals surface area contributed by atoms with Crippen molar-refractivity contribution < 1.29 is 17.6 Å². The fourth-order valence-corrected chi connectivity index (χ4v) is 3.09. The summed E-state index contributed by atoms with van der Waals surface area (Å²) in [6, 6.07) is 6.17. The van der Waals surface area contributed by atoms with Crippen molar-refractivity contribution in [3.05, 3.63) is 62.7 Å². The van der Waals surface area contributed by atoms with Crippen LogP contribution in [0.4, 0.5) is 17.6 Å². The molecule has 29 heavy (non-hydrogen) atoms. The number of aromatic nitrogens is 4. The monoisotopic (exact) mass is 427 g/mol. The Kier molecular flexibility index (Phi) is 5.36. The molecule has 0 bridgehead atoms. The third-order valence-electron chi connectivity index (χ3n) is 4.58. The first-order chi connectivity index (χ1) is 13.5. The van der Waals surface area contributed by atoms with E-state index in [1.165, 1.54) is 6.07 Å². The third-order valence-corrected chi connectivity index (χ3v) is 4.88. The molecular weight excluding hydrogens is 414 g/mol. The fraction of sp³-hybridized carbons (Fsp3) is 0.333. The average molecular weight is 428 g/mol. The Bertz CT molecular complexity index is 1180. The molecule has 6 nitrogen and oxygen atoms in total. The quantitative estimate of drug-likeness (QED) is 0.589. The molecule has 3 aromatic rings. The maximum absolute atomic E-state index is 14.4. The summed E-state index contributed by atoms with van der Waals surface area (Å²) in [5.41, 5.74) is -1.58. The molecule has 0 aliphatic carbocycles. The van der Waals surface area contributed by atoms with Crippen LogP contribution in [-0.4, -0.2) is 19.2 Å². The number of halogens is 5. The van der Waals surface area contributed by atoms with Crippen LogP contribution in [0.3, 0.4) is 0 Å². The molecule has 0 unspecified atom stereocenters. The molecule has 3 rings (SSSR count). The standard InChI is InChI=1S/C18H14ClF4N5O/c1-9(7-24)10(2)17-12(20)3-4-15-25-11(5-16(29)28(15)17)8-27-14(19)6-13(26-27)18(21,22)23/h3-6,9-10H,8H2,1-2H3/t9-,10+/m1/s1. The van der Waals surface area contributed by atoms with Crippen LogP contribution in [0.15, 0.2) is 29.1 Å². The second kappa shape index (κ2) is 7.48. The van der Waals surface area contributed by atoms with Gasteiger partial charge in [0.1, 0.15) is 16.6 Å². The average Bonchev–Trinajstić information content (AvgIpc) is 3.02. The van der Waals surface area contributed by atoms with Crippen molar-refractivity contribution in [1.29, 1.82) is 5.26 Å². The number of alkyl halides is 3. The topological polar surface area (TPSA) is 76.0 Å². The molecule has 0 aliphatic heterocycles. The summed E-state index contributed by atoms with van der Waals surface area (Å²) in [6.07, 6.45) is -4.66. The highest BCUT2D eigenvalue weighted by atomic mass is 35.5. The van der Waals surface area contributed by atoms with Gasteiger partial charge >= 0.3 is 6.18 Å². The number of hydrogen-bond acceptors (Lipinski definition) is 4. The first kappa shape index (κ1) is 20.8. The van der Waals surface area contributed by atoms with E-state index < -0.39 is 35.1 Å². The molecule has 3 heterocycles. The fourth-order valence-electron chi connectivity index (χ4n) is 2.89. The highest BCUT2D eigenvalue weighted by molar-refractivity contribution is 6.29. The van der Waals surface area contributed by atoms with Crippen LogP contribution in [0.25, 0.3) is 5.65 Å². The molecule has 0 radical (unpaired) electrons. The normalized spacial score (nSPS) is 14.0. The number of fused-ring (bicyclic) bond motifs is 1. The number of pyridine rings is 1. The van der Waals surface area contributed by atoms with Gasteiger partial charge in [0.2, 0.25) is 0 Å². The third kappa shape index (κ3) is 3.96. The predicted molar refractivity (Wildman–Crippen MR) is 96.0 cm³/mol. The molecule has 0 spiro atoms. The Balaban J connectivity index is 2.08. The van der Waals surface area contributed by atoms with Gasteiger partial charge in [0.25, 0.3) is 5.56 Å². The Morgan fingerprint density at radius 1 is 1.28 bits per heavy atom. The van der Waals surface area contributed by atoms with Crippen molar-refractivity contribution in [1.82, 2.24) is 19.2 Å². The first-order valence-corrected chi connectivity index (χ1v) is 8.82. The van der Waals surface area contributed by atoms with Gasteiger partial charge in [-0.3, -0.25) is 9.20 Å². The van der Waals surface area contributed by atoms with Gasteiger partial charge in [0.05, 0.1) is 29.9 Å². The molecule has 11 heteroatoms. The molecule has 0 N–H and O–H groups in total. The molecule has 0 amide bonds. The Morgan fingerprint density at radius 3 is 2.55 bits per heavy atom. The van der Waals surface area contributed by atoms with E-state index in [1.54, 1.807) is 13.8 Å². The maximum atomic E-state index is 14.4. The van der Waals surface area contributed by atoms with Crippen LogP contribution in [0.2, 0.25) is 5.15 Å². The van der Waals surface area contributed by atoms with E-state index in [2.05, 4.69) is 10.1 Å².